The number of pyridine rings is 1. The van der Waals surface area contributed by atoms with E-state index in [2.05, 4.69) is 9.97 Å². The number of amides is 2. The van der Waals surface area contributed by atoms with Crippen molar-refractivity contribution in [3.63, 3.8) is 0 Å². The number of nitrogens with zero attached hydrogens (tertiary/aromatic N) is 5. The van der Waals surface area contributed by atoms with Crippen molar-refractivity contribution in [2.24, 2.45) is 7.05 Å². The zero-order valence-electron chi connectivity index (χ0n) is 24.1. The SMILES string of the molecule is COCCN(C)C(=O)[C@H](Cc1ccccc1)N(Cc1ccc(-c2ccncc2)cc1)C(=O)/C=C/c1cnc(C)n1C. The van der Waals surface area contributed by atoms with Gasteiger partial charge in [-0.05, 0) is 47.4 Å². The van der Waals surface area contributed by atoms with E-state index in [1.54, 1.807) is 48.6 Å². The van der Waals surface area contributed by atoms with Crippen molar-refractivity contribution >= 4 is 17.9 Å². The van der Waals surface area contributed by atoms with Gasteiger partial charge in [-0.15, -0.1) is 0 Å². The molecule has 2 heterocycles. The summed E-state index contributed by atoms with van der Waals surface area (Å²) in [5.74, 6) is 0.453. The highest BCUT2D eigenvalue weighted by Gasteiger charge is 2.31. The largest absolute Gasteiger partial charge is 0.383 e. The summed E-state index contributed by atoms with van der Waals surface area (Å²) in [4.78, 5) is 39.5. The fraction of sp³-hybridized carbons (Fsp3) is 0.273. The third kappa shape index (κ3) is 7.77. The van der Waals surface area contributed by atoms with Crippen molar-refractivity contribution in [1.82, 2.24) is 24.3 Å². The van der Waals surface area contributed by atoms with Crippen molar-refractivity contribution in [1.29, 1.82) is 0 Å². The first-order chi connectivity index (χ1) is 19.9. The van der Waals surface area contributed by atoms with E-state index in [1.807, 2.05) is 85.3 Å². The lowest BCUT2D eigenvalue weighted by atomic mass is 10.0. The second-order valence-electron chi connectivity index (χ2n) is 9.98. The van der Waals surface area contributed by atoms with Gasteiger partial charge in [-0.25, -0.2) is 4.98 Å². The molecule has 2 amide bonds. The summed E-state index contributed by atoms with van der Waals surface area (Å²) in [7, 11) is 5.26. The van der Waals surface area contributed by atoms with E-state index in [4.69, 9.17) is 4.74 Å². The lowest BCUT2D eigenvalue weighted by Crippen LogP contribution is -2.51. The Morgan fingerprint density at radius 3 is 2.29 bits per heavy atom. The number of carbonyl (C=O) groups excluding carboxylic acids is 2. The number of carbonyl (C=O) groups is 2. The molecule has 0 aliphatic carbocycles. The number of hydrogen-bond acceptors (Lipinski definition) is 5. The summed E-state index contributed by atoms with van der Waals surface area (Å²) in [5, 5.41) is 0. The molecule has 0 radical (unpaired) electrons. The second-order valence-corrected chi connectivity index (χ2v) is 9.98. The van der Waals surface area contributed by atoms with Crippen molar-refractivity contribution < 1.29 is 14.3 Å². The van der Waals surface area contributed by atoms with Crippen LogP contribution in [0, 0.1) is 6.92 Å². The van der Waals surface area contributed by atoms with Crippen molar-refractivity contribution in [2.75, 3.05) is 27.3 Å². The Kier molecular flexibility index (Phi) is 10.2. The van der Waals surface area contributed by atoms with E-state index in [0.717, 1.165) is 33.8 Å². The van der Waals surface area contributed by atoms with Crippen LogP contribution >= 0.6 is 0 Å². The molecule has 8 nitrogen and oxygen atoms in total. The van der Waals surface area contributed by atoms with Crippen LogP contribution in [-0.2, 0) is 34.3 Å². The number of methoxy groups -OCH3 is 1. The lowest BCUT2D eigenvalue weighted by Gasteiger charge is -2.33. The van der Waals surface area contributed by atoms with Crippen LogP contribution in [0.3, 0.4) is 0 Å². The molecule has 0 N–H and O–H groups in total. The van der Waals surface area contributed by atoms with Gasteiger partial charge in [0.15, 0.2) is 0 Å². The van der Waals surface area contributed by atoms with E-state index in [1.165, 1.54) is 6.08 Å². The van der Waals surface area contributed by atoms with E-state index in [0.29, 0.717) is 19.6 Å². The van der Waals surface area contributed by atoms with E-state index < -0.39 is 6.04 Å². The number of aryl methyl sites for hydroxylation is 1. The molecule has 4 rings (SSSR count). The Morgan fingerprint density at radius 2 is 1.66 bits per heavy atom. The zero-order chi connectivity index (χ0) is 29.2. The highest BCUT2D eigenvalue weighted by atomic mass is 16.5. The Labute approximate surface area is 241 Å². The van der Waals surface area contributed by atoms with Crippen LogP contribution in [-0.4, -0.2) is 69.5 Å². The first-order valence-corrected chi connectivity index (χ1v) is 13.6. The van der Waals surface area contributed by atoms with E-state index >= 15 is 0 Å². The maximum Gasteiger partial charge on any atom is 0.247 e. The van der Waals surface area contributed by atoms with Gasteiger partial charge in [0.2, 0.25) is 11.8 Å². The summed E-state index contributed by atoms with van der Waals surface area (Å²) < 4.78 is 7.13. The smallest absolute Gasteiger partial charge is 0.247 e. The minimum absolute atomic E-state index is 0.141. The molecule has 0 saturated carbocycles. The molecule has 0 fully saturated rings. The third-order valence-electron chi connectivity index (χ3n) is 7.20. The molecular formula is C33H37N5O3. The van der Waals surface area contributed by atoms with Crippen LogP contribution in [0.2, 0.25) is 0 Å². The number of aromatic nitrogens is 3. The highest BCUT2D eigenvalue weighted by Crippen LogP contribution is 2.22. The normalized spacial score (nSPS) is 11.9. The van der Waals surface area contributed by atoms with Crippen molar-refractivity contribution in [3.8, 4) is 11.1 Å². The van der Waals surface area contributed by atoms with Crippen LogP contribution in [0.5, 0.6) is 0 Å². The van der Waals surface area contributed by atoms with Crippen molar-refractivity contribution in [3.05, 3.63) is 114 Å². The molecule has 8 heteroatoms. The topological polar surface area (TPSA) is 80.6 Å². The molecule has 41 heavy (non-hydrogen) atoms. The molecule has 0 spiro atoms. The summed E-state index contributed by atoms with van der Waals surface area (Å²) in [6.07, 6.45) is 8.92. The summed E-state index contributed by atoms with van der Waals surface area (Å²) in [5.41, 5.74) is 4.82. The van der Waals surface area contributed by atoms with Crippen LogP contribution < -0.4 is 0 Å². The van der Waals surface area contributed by atoms with Crippen LogP contribution in [0.1, 0.15) is 22.6 Å². The average Bonchev–Trinajstić information content (AvgIpc) is 3.33. The van der Waals surface area contributed by atoms with Gasteiger partial charge in [-0.1, -0.05) is 54.6 Å². The molecule has 2 aromatic carbocycles. The number of ether oxygens (including phenoxy) is 1. The number of likely N-dealkylation sites (N-methyl/N-ethyl adjacent to an activating group) is 1. The molecule has 212 valence electrons. The lowest BCUT2D eigenvalue weighted by molar-refractivity contribution is -0.143. The maximum absolute atomic E-state index is 13.9. The summed E-state index contributed by atoms with van der Waals surface area (Å²) in [6, 6.07) is 21.1. The minimum atomic E-state index is -0.718. The fourth-order valence-corrected chi connectivity index (χ4v) is 4.57. The fourth-order valence-electron chi connectivity index (χ4n) is 4.57. The first-order valence-electron chi connectivity index (χ1n) is 13.6. The zero-order valence-corrected chi connectivity index (χ0v) is 24.1. The highest BCUT2D eigenvalue weighted by molar-refractivity contribution is 5.95. The van der Waals surface area contributed by atoms with E-state index in [9.17, 15) is 9.59 Å². The van der Waals surface area contributed by atoms with Gasteiger partial charge in [0.1, 0.15) is 11.9 Å². The van der Waals surface area contributed by atoms with Gasteiger partial charge in [0.05, 0.1) is 18.5 Å². The second kappa shape index (κ2) is 14.2. The molecule has 1 atom stereocenters. The predicted molar refractivity (Wildman–Crippen MR) is 161 cm³/mol. The van der Waals surface area contributed by atoms with Gasteiger partial charge >= 0.3 is 0 Å². The minimum Gasteiger partial charge on any atom is -0.383 e. The van der Waals surface area contributed by atoms with Gasteiger partial charge in [-0.2, -0.15) is 0 Å². The Hall–Kier alpha value is -4.56. The standard InChI is InChI=1S/C33H37N5O3/c1-25-35-23-30(37(25)3)14-15-32(39)38(24-27-10-12-28(13-11-27)29-16-18-34-19-17-29)31(22-26-8-6-5-7-9-26)33(40)36(2)20-21-41-4/h5-19,23,31H,20-22,24H2,1-4H3/b15-14+/t31-/m0/s1. The van der Waals surface area contributed by atoms with Crippen LogP contribution in [0.25, 0.3) is 17.2 Å². The van der Waals surface area contributed by atoms with Crippen molar-refractivity contribution in [2.45, 2.75) is 25.9 Å². The number of hydrogen-bond donors (Lipinski definition) is 0. The molecule has 0 aliphatic rings. The van der Waals surface area contributed by atoms with E-state index in [-0.39, 0.29) is 18.4 Å². The van der Waals surface area contributed by atoms with Crippen LogP contribution in [0.4, 0.5) is 0 Å². The number of imidazole rings is 1. The molecular weight excluding hydrogens is 514 g/mol. The molecule has 0 aliphatic heterocycles. The molecule has 0 unspecified atom stereocenters. The van der Waals surface area contributed by atoms with Crippen LogP contribution in [0.15, 0.2) is 91.4 Å². The van der Waals surface area contributed by atoms with Gasteiger partial charge in [-0.3, -0.25) is 14.6 Å². The average molecular weight is 552 g/mol. The maximum atomic E-state index is 13.9. The molecule has 0 saturated heterocycles. The quantitative estimate of drug-likeness (QED) is 0.242. The summed E-state index contributed by atoms with van der Waals surface area (Å²) >= 11 is 0. The van der Waals surface area contributed by atoms with Gasteiger partial charge in [0, 0.05) is 59.2 Å². The predicted octanol–water partition coefficient (Wildman–Crippen LogP) is 4.55. The van der Waals surface area contributed by atoms with Gasteiger partial charge in [0.25, 0.3) is 0 Å². The monoisotopic (exact) mass is 551 g/mol. The number of benzene rings is 2. The Morgan fingerprint density at radius 1 is 0.976 bits per heavy atom. The molecule has 2 aromatic heterocycles. The molecule has 0 bridgehead atoms. The first kappa shape index (κ1) is 29.4. The van der Waals surface area contributed by atoms with Gasteiger partial charge < -0.3 is 19.1 Å². The Bertz CT molecular complexity index is 1450. The Balaban J connectivity index is 1.69. The third-order valence-corrected chi connectivity index (χ3v) is 7.20. The summed E-state index contributed by atoms with van der Waals surface area (Å²) in [6.45, 7) is 3.01. The number of rotatable bonds is 12. The molecule has 4 aromatic rings.